The van der Waals surface area contributed by atoms with Crippen LogP contribution in [0.25, 0.3) is 0 Å². The van der Waals surface area contributed by atoms with Gasteiger partial charge in [0.1, 0.15) is 0 Å². The molecule has 0 aromatic heterocycles. The van der Waals surface area contributed by atoms with Gasteiger partial charge in [-0.25, -0.2) is 0 Å². The van der Waals surface area contributed by atoms with E-state index in [1.165, 1.54) is 7.11 Å². The van der Waals surface area contributed by atoms with Crippen molar-refractivity contribution >= 4 is 5.91 Å². The highest BCUT2D eigenvalue weighted by atomic mass is 16.5. The van der Waals surface area contributed by atoms with Gasteiger partial charge in [-0.3, -0.25) is 4.79 Å². The minimum atomic E-state index is -0.543. The smallest absolute Gasteiger partial charge is 0.251 e. The van der Waals surface area contributed by atoms with Crippen LogP contribution in [0.1, 0.15) is 27.9 Å². The Morgan fingerprint density at radius 2 is 2.26 bits per heavy atom. The number of carbonyl (C=O) groups excluding carboxylic acids is 1. The molecule has 0 saturated heterocycles. The molecular weight excluding hydrogens is 246 g/mol. The van der Waals surface area contributed by atoms with E-state index in [1.807, 2.05) is 12.1 Å². The van der Waals surface area contributed by atoms with Crippen LogP contribution in [0.5, 0.6) is 0 Å². The molecule has 104 valence electrons. The van der Waals surface area contributed by atoms with Gasteiger partial charge < -0.3 is 19.9 Å². The Bertz CT molecular complexity index is 447. The topological polar surface area (TPSA) is 67.8 Å². The van der Waals surface area contributed by atoms with Gasteiger partial charge in [-0.15, -0.1) is 0 Å². The van der Waals surface area contributed by atoms with E-state index in [9.17, 15) is 9.90 Å². The minimum absolute atomic E-state index is 0.126. The molecule has 0 spiro atoms. The molecule has 0 bridgehead atoms. The van der Waals surface area contributed by atoms with Crippen molar-refractivity contribution in [3.8, 4) is 0 Å². The zero-order valence-corrected chi connectivity index (χ0v) is 11.0. The number of aliphatic hydroxyl groups excluding tert-OH is 1. The summed E-state index contributed by atoms with van der Waals surface area (Å²) in [6, 6.07) is 5.59. The number of methoxy groups -OCH3 is 1. The third-order valence-corrected chi connectivity index (χ3v) is 3.11. The number of rotatable bonds is 6. The lowest BCUT2D eigenvalue weighted by Crippen LogP contribution is -2.28. The van der Waals surface area contributed by atoms with Crippen molar-refractivity contribution in [3.63, 3.8) is 0 Å². The fraction of sp³-hybridized carbons (Fsp3) is 0.500. The molecule has 0 saturated carbocycles. The van der Waals surface area contributed by atoms with Crippen LogP contribution in [0, 0.1) is 0 Å². The molecule has 1 aliphatic rings. The molecule has 1 atom stereocenters. The van der Waals surface area contributed by atoms with E-state index in [-0.39, 0.29) is 12.5 Å². The number of aliphatic hydroxyl groups is 1. The predicted molar refractivity (Wildman–Crippen MR) is 69.8 cm³/mol. The average Bonchev–Trinajstić information content (AvgIpc) is 2.86. The van der Waals surface area contributed by atoms with E-state index in [1.54, 1.807) is 6.07 Å². The van der Waals surface area contributed by atoms with Crippen LogP contribution in [-0.2, 0) is 22.7 Å². The SMILES string of the molecule is COCC(O)CCNC(=O)c1ccc2c(c1)COC2. The lowest BCUT2D eigenvalue weighted by Gasteiger charge is -2.10. The van der Waals surface area contributed by atoms with E-state index in [0.717, 1.165) is 11.1 Å². The number of amides is 1. The van der Waals surface area contributed by atoms with Crippen LogP contribution < -0.4 is 5.32 Å². The van der Waals surface area contributed by atoms with Gasteiger partial charge in [0.05, 0.1) is 25.9 Å². The van der Waals surface area contributed by atoms with Crippen LogP contribution in [-0.4, -0.2) is 37.4 Å². The van der Waals surface area contributed by atoms with E-state index in [0.29, 0.717) is 31.7 Å². The first kappa shape index (κ1) is 14.0. The summed E-state index contributed by atoms with van der Waals surface area (Å²) >= 11 is 0. The Morgan fingerprint density at radius 1 is 1.47 bits per heavy atom. The highest BCUT2D eigenvalue weighted by molar-refractivity contribution is 5.94. The Hall–Kier alpha value is -1.43. The van der Waals surface area contributed by atoms with Gasteiger partial charge in [-0.05, 0) is 29.7 Å². The molecule has 19 heavy (non-hydrogen) atoms. The van der Waals surface area contributed by atoms with Crippen molar-refractivity contribution in [2.75, 3.05) is 20.3 Å². The second-order valence-corrected chi connectivity index (χ2v) is 4.63. The molecule has 1 amide bonds. The average molecular weight is 265 g/mol. The van der Waals surface area contributed by atoms with Crippen molar-refractivity contribution in [1.29, 1.82) is 0 Å². The molecule has 0 fully saturated rings. The van der Waals surface area contributed by atoms with Crippen LogP contribution in [0.15, 0.2) is 18.2 Å². The third kappa shape index (κ3) is 3.76. The molecule has 1 aromatic carbocycles. The van der Waals surface area contributed by atoms with Gasteiger partial charge in [-0.1, -0.05) is 6.07 Å². The Labute approximate surface area is 112 Å². The number of fused-ring (bicyclic) bond motifs is 1. The van der Waals surface area contributed by atoms with E-state index < -0.39 is 6.10 Å². The Kier molecular flexibility index (Phi) is 4.90. The maximum atomic E-state index is 11.9. The number of ether oxygens (including phenoxy) is 2. The summed E-state index contributed by atoms with van der Waals surface area (Å²) in [6.07, 6.45) is -0.0631. The fourth-order valence-electron chi connectivity index (χ4n) is 2.04. The molecule has 2 rings (SSSR count). The van der Waals surface area contributed by atoms with Crippen molar-refractivity contribution in [3.05, 3.63) is 34.9 Å². The third-order valence-electron chi connectivity index (χ3n) is 3.11. The second kappa shape index (κ2) is 6.65. The second-order valence-electron chi connectivity index (χ2n) is 4.63. The van der Waals surface area contributed by atoms with Gasteiger partial charge >= 0.3 is 0 Å². The molecule has 1 aromatic rings. The number of benzene rings is 1. The molecule has 1 unspecified atom stereocenters. The van der Waals surface area contributed by atoms with Crippen molar-refractivity contribution in [1.82, 2.24) is 5.32 Å². The minimum Gasteiger partial charge on any atom is -0.391 e. The molecule has 1 heterocycles. The maximum absolute atomic E-state index is 11.9. The van der Waals surface area contributed by atoms with Gasteiger partial charge in [-0.2, -0.15) is 0 Å². The van der Waals surface area contributed by atoms with E-state index >= 15 is 0 Å². The van der Waals surface area contributed by atoms with Crippen LogP contribution >= 0.6 is 0 Å². The predicted octanol–water partition coefficient (Wildman–Crippen LogP) is 0.844. The normalized spacial score (nSPS) is 15.1. The molecule has 2 N–H and O–H groups in total. The lowest BCUT2D eigenvalue weighted by molar-refractivity contribution is 0.0587. The first-order chi connectivity index (χ1) is 9.20. The summed E-state index contributed by atoms with van der Waals surface area (Å²) in [4.78, 5) is 11.9. The zero-order valence-electron chi connectivity index (χ0n) is 11.0. The largest absolute Gasteiger partial charge is 0.391 e. The number of nitrogens with one attached hydrogen (secondary N) is 1. The summed E-state index contributed by atoms with van der Waals surface area (Å²) in [5.74, 6) is -0.126. The molecule has 0 aliphatic carbocycles. The first-order valence-corrected chi connectivity index (χ1v) is 6.35. The summed E-state index contributed by atoms with van der Waals surface area (Å²) in [5.41, 5.74) is 2.85. The van der Waals surface area contributed by atoms with Crippen molar-refractivity contribution in [2.24, 2.45) is 0 Å². The quantitative estimate of drug-likeness (QED) is 0.800. The number of hydrogen-bond donors (Lipinski definition) is 2. The van der Waals surface area contributed by atoms with Gasteiger partial charge in [0.2, 0.25) is 0 Å². The number of hydrogen-bond acceptors (Lipinski definition) is 4. The standard InChI is InChI=1S/C14H19NO4/c1-18-9-13(16)4-5-15-14(17)10-2-3-11-7-19-8-12(11)6-10/h2-3,6,13,16H,4-5,7-9H2,1H3,(H,15,17). The van der Waals surface area contributed by atoms with Crippen LogP contribution in [0.3, 0.4) is 0 Å². The summed E-state index contributed by atoms with van der Waals surface area (Å²) in [5, 5.41) is 12.3. The summed E-state index contributed by atoms with van der Waals surface area (Å²) in [6.45, 7) is 1.91. The van der Waals surface area contributed by atoms with Gasteiger partial charge in [0.15, 0.2) is 0 Å². The maximum Gasteiger partial charge on any atom is 0.251 e. The highest BCUT2D eigenvalue weighted by Crippen LogP contribution is 2.20. The number of carbonyl (C=O) groups is 1. The Morgan fingerprint density at radius 3 is 3.05 bits per heavy atom. The lowest BCUT2D eigenvalue weighted by atomic mass is 10.1. The molecule has 1 aliphatic heterocycles. The van der Waals surface area contributed by atoms with Crippen LogP contribution in [0.2, 0.25) is 0 Å². The van der Waals surface area contributed by atoms with Gasteiger partial charge in [0.25, 0.3) is 5.91 Å². The Balaban J connectivity index is 1.83. The highest BCUT2D eigenvalue weighted by Gasteiger charge is 2.14. The first-order valence-electron chi connectivity index (χ1n) is 6.35. The summed E-state index contributed by atoms with van der Waals surface area (Å²) < 4.78 is 10.1. The van der Waals surface area contributed by atoms with E-state index in [4.69, 9.17) is 9.47 Å². The van der Waals surface area contributed by atoms with Crippen LogP contribution in [0.4, 0.5) is 0 Å². The van der Waals surface area contributed by atoms with Crippen molar-refractivity contribution in [2.45, 2.75) is 25.7 Å². The molecular formula is C14H19NO4. The zero-order chi connectivity index (χ0) is 13.7. The van der Waals surface area contributed by atoms with E-state index in [2.05, 4.69) is 5.32 Å². The molecule has 5 nitrogen and oxygen atoms in total. The van der Waals surface area contributed by atoms with Crippen molar-refractivity contribution < 1.29 is 19.4 Å². The molecule has 0 radical (unpaired) electrons. The molecule has 5 heteroatoms. The monoisotopic (exact) mass is 265 g/mol. The summed E-state index contributed by atoms with van der Waals surface area (Å²) in [7, 11) is 1.54. The fourth-order valence-corrected chi connectivity index (χ4v) is 2.04. The van der Waals surface area contributed by atoms with Gasteiger partial charge in [0, 0.05) is 19.2 Å².